The molecule has 7 nitrogen and oxygen atoms in total. The van der Waals surface area contributed by atoms with E-state index in [9.17, 15) is 30.3 Å². The van der Waals surface area contributed by atoms with Crippen molar-refractivity contribution in [1.82, 2.24) is 0 Å². The first-order valence-electron chi connectivity index (χ1n) is 12.1. The maximum atomic E-state index is 11.9. The molecule has 1 aliphatic carbocycles. The SMILES string of the molecule is CCCCCC=CCC=CCC=CCC=CCCCC(=O)OC1C(O)C(O)C(O)C(O)C1O. The molecule has 4 unspecified atom stereocenters. The van der Waals surface area contributed by atoms with E-state index >= 15 is 0 Å². The van der Waals surface area contributed by atoms with Crippen LogP contribution in [0.1, 0.15) is 71.1 Å². The molecule has 0 saturated heterocycles. The van der Waals surface area contributed by atoms with Gasteiger partial charge in [0.05, 0.1) is 0 Å². The molecule has 33 heavy (non-hydrogen) atoms. The molecule has 7 heteroatoms. The zero-order valence-electron chi connectivity index (χ0n) is 19.7. The fourth-order valence-corrected chi connectivity index (χ4v) is 3.47. The van der Waals surface area contributed by atoms with E-state index in [1.54, 1.807) is 0 Å². The Hall–Kier alpha value is -1.77. The van der Waals surface area contributed by atoms with Crippen molar-refractivity contribution in [2.24, 2.45) is 0 Å². The minimum absolute atomic E-state index is 0.0721. The largest absolute Gasteiger partial charge is 0.457 e. The average Bonchev–Trinajstić information content (AvgIpc) is 2.81. The summed E-state index contributed by atoms with van der Waals surface area (Å²) in [5, 5.41) is 48.6. The summed E-state index contributed by atoms with van der Waals surface area (Å²) >= 11 is 0. The Morgan fingerprint density at radius 1 is 0.636 bits per heavy atom. The van der Waals surface area contributed by atoms with E-state index < -0.39 is 42.6 Å². The summed E-state index contributed by atoms with van der Waals surface area (Å²) in [5.41, 5.74) is 0. The third-order valence-corrected chi connectivity index (χ3v) is 5.55. The predicted molar refractivity (Wildman–Crippen MR) is 128 cm³/mol. The molecule has 1 saturated carbocycles. The van der Waals surface area contributed by atoms with E-state index in [-0.39, 0.29) is 6.42 Å². The zero-order valence-corrected chi connectivity index (χ0v) is 19.7. The number of aliphatic hydroxyl groups is 5. The van der Waals surface area contributed by atoms with Crippen LogP contribution in [0.15, 0.2) is 48.6 Å². The van der Waals surface area contributed by atoms with Gasteiger partial charge in [0.2, 0.25) is 0 Å². The maximum absolute atomic E-state index is 11.9. The normalized spacial score (nSPS) is 28.5. The van der Waals surface area contributed by atoms with Crippen molar-refractivity contribution in [3.63, 3.8) is 0 Å². The number of unbranched alkanes of at least 4 members (excludes halogenated alkanes) is 4. The van der Waals surface area contributed by atoms with Crippen LogP contribution < -0.4 is 0 Å². The molecule has 0 aromatic heterocycles. The van der Waals surface area contributed by atoms with Gasteiger partial charge >= 0.3 is 5.97 Å². The number of allylic oxidation sites excluding steroid dienone is 8. The Balaban J connectivity index is 2.11. The minimum atomic E-state index is -1.71. The number of hydrogen-bond acceptors (Lipinski definition) is 7. The second-order valence-corrected chi connectivity index (χ2v) is 8.39. The fourth-order valence-electron chi connectivity index (χ4n) is 3.47. The molecule has 0 aliphatic heterocycles. The van der Waals surface area contributed by atoms with Gasteiger partial charge in [-0.1, -0.05) is 68.4 Å². The summed E-state index contributed by atoms with van der Waals surface area (Å²) in [6.07, 6.45) is 16.0. The molecule has 0 heterocycles. The highest BCUT2D eigenvalue weighted by molar-refractivity contribution is 5.69. The summed E-state index contributed by atoms with van der Waals surface area (Å²) in [6.45, 7) is 2.21. The number of esters is 1. The molecule has 0 spiro atoms. The first kappa shape index (κ1) is 29.3. The van der Waals surface area contributed by atoms with Gasteiger partial charge in [-0.15, -0.1) is 0 Å². The van der Waals surface area contributed by atoms with Gasteiger partial charge in [0, 0.05) is 6.42 Å². The fraction of sp³-hybridized carbons (Fsp3) is 0.654. The van der Waals surface area contributed by atoms with Crippen LogP contribution in [0.5, 0.6) is 0 Å². The second kappa shape index (κ2) is 17.7. The van der Waals surface area contributed by atoms with Crippen molar-refractivity contribution >= 4 is 5.97 Å². The van der Waals surface area contributed by atoms with Gasteiger partial charge in [0.1, 0.15) is 30.5 Å². The van der Waals surface area contributed by atoms with Crippen molar-refractivity contribution in [2.75, 3.05) is 0 Å². The van der Waals surface area contributed by atoms with Crippen LogP contribution >= 0.6 is 0 Å². The number of ether oxygens (including phenoxy) is 1. The monoisotopic (exact) mass is 466 g/mol. The Morgan fingerprint density at radius 2 is 1.06 bits per heavy atom. The summed E-state index contributed by atoms with van der Waals surface area (Å²) in [5.74, 6) is -0.648. The molecular formula is C26H42O7. The topological polar surface area (TPSA) is 127 Å². The van der Waals surface area contributed by atoms with Gasteiger partial charge in [-0.05, 0) is 44.9 Å². The van der Waals surface area contributed by atoms with Crippen molar-refractivity contribution in [3.05, 3.63) is 48.6 Å². The van der Waals surface area contributed by atoms with Crippen LogP contribution in [0.4, 0.5) is 0 Å². The van der Waals surface area contributed by atoms with Gasteiger partial charge in [0.15, 0.2) is 6.10 Å². The third kappa shape index (κ3) is 11.8. The van der Waals surface area contributed by atoms with Gasteiger partial charge in [-0.25, -0.2) is 0 Å². The molecule has 4 atom stereocenters. The highest BCUT2D eigenvalue weighted by Crippen LogP contribution is 2.24. The number of carbonyl (C=O) groups is 1. The first-order valence-corrected chi connectivity index (χ1v) is 12.1. The molecule has 1 aliphatic rings. The number of rotatable bonds is 15. The van der Waals surface area contributed by atoms with Gasteiger partial charge in [0.25, 0.3) is 0 Å². The van der Waals surface area contributed by atoms with Crippen LogP contribution in [0.2, 0.25) is 0 Å². The zero-order chi connectivity index (χ0) is 24.5. The highest BCUT2D eigenvalue weighted by Gasteiger charge is 2.50. The molecular weight excluding hydrogens is 424 g/mol. The quantitative estimate of drug-likeness (QED) is 0.143. The molecule has 0 bridgehead atoms. The van der Waals surface area contributed by atoms with E-state index in [0.29, 0.717) is 12.8 Å². The molecule has 1 fully saturated rings. The van der Waals surface area contributed by atoms with Crippen LogP contribution in [-0.4, -0.2) is 68.1 Å². The average molecular weight is 467 g/mol. The van der Waals surface area contributed by atoms with Gasteiger partial charge in [-0.2, -0.15) is 0 Å². The Morgan fingerprint density at radius 3 is 1.55 bits per heavy atom. The smallest absolute Gasteiger partial charge is 0.306 e. The van der Waals surface area contributed by atoms with Crippen molar-refractivity contribution in [3.8, 4) is 0 Å². The van der Waals surface area contributed by atoms with Crippen LogP contribution in [0.25, 0.3) is 0 Å². The van der Waals surface area contributed by atoms with E-state index in [1.165, 1.54) is 25.7 Å². The second-order valence-electron chi connectivity index (χ2n) is 8.39. The van der Waals surface area contributed by atoms with E-state index in [2.05, 4.69) is 43.4 Å². The van der Waals surface area contributed by atoms with E-state index in [4.69, 9.17) is 4.74 Å². The van der Waals surface area contributed by atoms with Crippen LogP contribution in [0, 0.1) is 0 Å². The van der Waals surface area contributed by atoms with Crippen molar-refractivity contribution in [2.45, 2.75) is 108 Å². The molecule has 5 N–H and O–H groups in total. The Bertz CT molecular complexity index is 625. The summed E-state index contributed by atoms with van der Waals surface area (Å²) in [7, 11) is 0. The molecule has 0 radical (unpaired) electrons. The van der Waals surface area contributed by atoms with Crippen LogP contribution in [-0.2, 0) is 9.53 Å². The van der Waals surface area contributed by atoms with Crippen molar-refractivity contribution < 1.29 is 35.1 Å². The van der Waals surface area contributed by atoms with Crippen molar-refractivity contribution in [1.29, 1.82) is 0 Å². The lowest BCUT2D eigenvalue weighted by atomic mass is 9.85. The summed E-state index contributed by atoms with van der Waals surface area (Å²) in [6, 6.07) is 0. The molecule has 0 aromatic carbocycles. The lowest BCUT2D eigenvalue weighted by Gasteiger charge is -2.41. The van der Waals surface area contributed by atoms with E-state index in [1.807, 2.05) is 12.2 Å². The number of aliphatic hydroxyl groups excluding tert-OH is 5. The number of hydrogen-bond donors (Lipinski definition) is 5. The molecule has 0 aromatic rings. The third-order valence-electron chi connectivity index (χ3n) is 5.55. The Labute approximate surface area is 197 Å². The Kier molecular flexibility index (Phi) is 15.7. The highest BCUT2D eigenvalue weighted by atomic mass is 16.6. The van der Waals surface area contributed by atoms with Gasteiger partial charge < -0.3 is 30.3 Å². The molecule has 0 amide bonds. The lowest BCUT2D eigenvalue weighted by molar-refractivity contribution is -0.233. The standard InChI is InChI=1S/C26H42O7/c1-2-3-4-5-6-7-8-9-10-11-12-13-14-15-16-17-18-19-20(27)33-26-24(31)22(29)21(28)23(30)25(26)32/h6-7,9-10,12-13,15-16,21-26,28-32H,2-5,8,11,14,17-19H2,1H3. The summed E-state index contributed by atoms with van der Waals surface area (Å²) in [4.78, 5) is 11.9. The lowest BCUT2D eigenvalue weighted by Crippen LogP contribution is -2.64. The van der Waals surface area contributed by atoms with E-state index in [0.717, 1.165) is 19.3 Å². The maximum Gasteiger partial charge on any atom is 0.306 e. The number of carbonyl (C=O) groups excluding carboxylic acids is 1. The first-order chi connectivity index (χ1) is 15.9. The molecule has 1 rings (SSSR count). The molecule has 188 valence electrons. The van der Waals surface area contributed by atoms with Crippen LogP contribution in [0.3, 0.4) is 0 Å². The summed E-state index contributed by atoms with van der Waals surface area (Å²) < 4.78 is 5.02. The predicted octanol–water partition coefficient (Wildman–Crippen LogP) is 2.86. The minimum Gasteiger partial charge on any atom is -0.457 e. The van der Waals surface area contributed by atoms with Gasteiger partial charge in [-0.3, -0.25) is 4.79 Å².